The first-order valence-electron chi connectivity index (χ1n) is 13.6. The Morgan fingerprint density at radius 2 is 1.52 bits per heavy atom. The predicted octanol–water partition coefficient (Wildman–Crippen LogP) is -0.918. The van der Waals surface area contributed by atoms with Gasteiger partial charge in [0.05, 0.1) is 6.04 Å². The molecule has 13 N–H and O–H groups in total. The second kappa shape index (κ2) is 14.6. The Morgan fingerprint density at radius 3 is 2.12 bits per heavy atom. The molecule has 0 aliphatic carbocycles. The van der Waals surface area contributed by atoms with Crippen LogP contribution in [0.1, 0.15) is 36.8 Å². The number of phenolic OH excluding ortho intramolecular Hbond substituents is 2. The number of carbonyl (C=O) groups is 3. The van der Waals surface area contributed by atoms with Gasteiger partial charge >= 0.3 is 0 Å². The molecule has 40 heavy (non-hydrogen) atoms. The van der Waals surface area contributed by atoms with Crippen molar-refractivity contribution in [2.45, 2.75) is 62.7 Å². The van der Waals surface area contributed by atoms with Gasteiger partial charge in [-0.3, -0.25) is 14.4 Å². The number of nitrogens with two attached hydrogens (primary N) is 4. The first kappa shape index (κ1) is 30.8. The van der Waals surface area contributed by atoms with Crippen LogP contribution in [0.2, 0.25) is 0 Å². The molecule has 4 bridgehead atoms. The van der Waals surface area contributed by atoms with E-state index in [2.05, 4.69) is 16.0 Å². The molecule has 12 nitrogen and oxygen atoms in total. The molecule has 1 heterocycles. The molecule has 0 fully saturated rings. The number of fused-ring (bicyclic) bond motifs is 5. The zero-order chi connectivity index (χ0) is 29.2. The fraction of sp³-hybridized carbons (Fsp3) is 0.464. The Kier molecular flexibility index (Phi) is 11.3. The van der Waals surface area contributed by atoms with Gasteiger partial charge in [0.1, 0.15) is 23.6 Å². The zero-order valence-corrected chi connectivity index (χ0v) is 22.6. The van der Waals surface area contributed by atoms with Gasteiger partial charge in [-0.05, 0) is 85.3 Å². The zero-order valence-electron chi connectivity index (χ0n) is 22.6. The summed E-state index contributed by atoms with van der Waals surface area (Å²) in [5, 5.41) is 29.3. The Labute approximate surface area is 233 Å². The summed E-state index contributed by atoms with van der Waals surface area (Å²) in [7, 11) is 0. The quantitative estimate of drug-likeness (QED) is 0.186. The van der Waals surface area contributed by atoms with Crippen LogP contribution in [0.5, 0.6) is 11.5 Å². The van der Waals surface area contributed by atoms with E-state index in [1.807, 2.05) is 0 Å². The third-order valence-electron chi connectivity index (χ3n) is 6.97. The van der Waals surface area contributed by atoms with E-state index >= 15 is 0 Å². The first-order valence-corrected chi connectivity index (χ1v) is 13.6. The van der Waals surface area contributed by atoms with Crippen LogP contribution >= 0.6 is 0 Å². The van der Waals surface area contributed by atoms with Crippen molar-refractivity contribution in [3.8, 4) is 22.6 Å². The van der Waals surface area contributed by atoms with Gasteiger partial charge < -0.3 is 49.1 Å². The number of benzene rings is 2. The van der Waals surface area contributed by atoms with E-state index in [9.17, 15) is 24.6 Å². The summed E-state index contributed by atoms with van der Waals surface area (Å²) in [5.41, 5.74) is 25.8. The number of hydrogen-bond donors (Lipinski definition) is 9. The van der Waals surface area contributed by atoms with Gasteiger partial charge in [-0.1, -0.05) is 12.1 Å². The molecule has 3 rings (SSSR count). The second-order valence-electron chi connectivity index (χ2n) is 10.2. The highest BCUT2D eigenvalue weighted by Crippen LogP contribution is 2.30. The fourth-order valence-corrected chi connectivity index (χ4v) is 4.59. The minimum atomic E-state index is -1.08. The molecule has 0 radical (unpaired) electrons. The summed E-state index contributed by atoms with van der Waals surface area (Å²) in [5.74, 6) is -1.72. The molecule has 2 aromatic rings. The number of carbonyl (C=O) groups excluding carboxylic acids is 3. The summed E-state index contributed by atoms with van der Waals surface area (Å²) in [6, 6.07) is 6.42. The van der Waals surface area contributed by atoms with Crippen LogP contribution in [-0.4, -0.2) is 71.7 Å². The Hall–Kier alpha value is -3.71. The molecular formula is C28H41N7O5. The fourth-order valence-electron chi connectivity index (χ4n) is 4.59. The Morgan fingerprint density at radius 1 is 0.925 bits per heavy atom. The summed E-state index contributed by atoms with van der Waals surface area (Å²) in [4.78, 5) is 39.7. The van der Waals surface area contributed by atoms with E-state index in [0.29, 0.717) is 48.1 Å². The van der Waals surface area contributed by atoms with Gasteiger partial charge in [-0.2, -0.15) is 0 Å². The van der Waals surface area contributed by atoms with Crippen LogP contribution in [0, 0.1) is 0 Å². The molecule has 0 saturated carbocycles. The van der Waals surface area contributed by atoms with Crippen molar-refractivity contribution in [2.24, 2.45) is 22.9 Å². The maximum Gasteiger partial charge on any atom is 0.243 e. The lowest BCUT2D eigenvalue weighted by molar-refractivity contribution is -0.132. The average molecular weight is 556 g/mol. The highest BCUT2D eigenvalue weighted by Gasteiger charge is 2.29. The summed E-state index contributed by atoms with van der Waals surface area (Å²) in [6.45, 7) is 0.950. The second-order valence-corrected chi connectivity index (χ2v) is 10.2. The van der Waals surface area contributed by atoms with Crippen LogP contribution < -0.4 is 38.9 Å². The minimum Gasteiger partial charge on any atom is -0.508 e. The minimum absolute atomic E-state index is 0.0193. The number of nitrogens with one attached hydrogen (secondary N) is 3. The van der Waals surface area contributed by atoms with E-state index < -0.39 is 35.8 Å². The third kappa shape index (κ3) is 8.39. The Balaban J connectivity index is 2.01. The van der Waals surface area contributed by atoms with Crippen LogP contribution in [0.3, 0.4) is 0 Å². The van der Waals surface area contributed by atoms with Crippen molar-refractivity contribution in [2.75, 3.05) is 19.6 Å². The van der Waals surface area contributed by atoms with Crippen LogP contribution in [0.15, 0.2) is 36.4 Å². The van der Waals surface area contributed by atoms with Crippen LogP contribution in [0.25, 0.3) is 11.1 Å². The molecule has 12 heteroatoms. The van der Waals surface area contributed by atoms with E-state index in [1.165, 1.54) is 12.1 Å². The van der Waals surface area contributed by atoms with Crippen molar-refractivity contribution in [1.82, 2.24) is 16.0 Å². The maximum absolute atomic E-state index is 13.4. The highest BCUT2D eigenvalue weighted by atomic mass is 16.3. The van der Waals surface area contributed by atoms with Gasteiger partial charge in [0.25, 0.3) is 0 Å². The number of phenols is 2. The summed E-state index contributed by atoms with van der Waals surface area (Å²) < 4.78 is 0. The molecule has 2 aromatic carbocycles. The molecule has 1 aliphatic rings. The van der Waals surface area contributed by atoms with E-state index in [1.54, 1.807) is 24.3 Å². The maximum atomic E-state index is 13.4. The first-order chi connectivity index (χ1) is 19.1. The summed E-state index contributed by atoms with van der Waals surface area (Å²) in [6.07, 6.45) is 1.99. The molecule has 218 valence electrons. The molecule has 4 atom stereocenters. The molecule has 0 spiro atoms. The lowest BCUT2D eigenvalue weighted by Gasteiger charge is -2.25. The SMILES string of the molecule is NCCC[C@H](N)CNC(=O)C1Cc2cc(ccc2O)-c2ccc(O)c(c2)C[C@H](N)C(=O)N[C@@H](CCCN)C(=O)N1. The van der Waals surface area contributed by atoms with Crippen LogP contribution in [0.4, 0.5) is 0 Å². The largest absolute Gasteiger partial charge is 0.508 e. The molecule has 0 aromatic heterocycles. The van der Waals surface area contributed by atoms with Crippen molar-refractivity contribution in [1.29, 1.82) is 0 Å². The molecular weight excluding hydrogens is 514 g/mol. The average Bonchev–Trinajstić information content (AvgIpc) is 2.94. The van der Waals surface area contributed by atoms with Crippen LogP contribution in [-0.2, 0) is 27.2 Å². The van der Waals surface area contributed by atoms with E-state index in [0.717, 1.165) is 0 Å². The Bertz CT molecular complexity index is 1190. The molecule has 0 saturated heterocycles. The number of rotatable bonds is 9. The topological polar surface area (TPSA) is 232 Å². The highest BCUT2D eigenvalue weighted by molar-refractivity contribution is 5.93. The normalized spacial score (nSPS) is 20.4. The third-order valence-corrected chi connectivity index (χ3v) is 6.97. The van der Waals surface area contributed by atoms with Crippen molar-refractivity contribution >= 4 is 17.7 Å². The van der Waals surface area contributed by atoms with E-state index in [4.69, 9.17) is 22.9 Å². The number of aromatic hydroxyl groups is 2. The molecule has 1 unspecified atom stereocenters. The smallest absolute Gasteiger partial charge is 0.243 e. The van der Waals surface area contributed by atoms with Crippen molar-refractivity contribution < 1.29 is 24.6 Å². The lowest BCUT2D eigenvalue weighted by Crippen LogP contribution is -2.57. The lowest BCUT2D eigenvalue weighted by atomic mass is 9.95. The monoisotopic (exact) mass is 555 g/mol. The van der Waals surface area contributed by atoms with Gasteiger partial charge in [0, 0.05) is 25.4 Å². The number of amides is 3. The van der Waals surface area contributed by atoms with Gasteiger partial charge in [-0.15, -0.1) is 0 Å². The standard InChI is InChI=1S/C28H41N7O5/c29-9-1-3-20(31)15-33-27(39)23-14-19-12-17(6-8-25(19)37)16-5-7-24(36)18(11-16)13-21(32)26(38)34-22(4-2-10-30)28(40)35-23/h5-8,11-12,20-23,36-37H,1-4,9-10,13-15,29-32H2,(H,33,39)(H,34,38)(H,35,40)/t20-,21-,22-,23?/m0/s1. The van der Waals surface area contributed by atoms with Gasteiger partial charge in [0.15, 0.2) is 0 Å². The predicted molar refractivity (Wildman–Crippen MR) is 152 cm³/mol. The van der Waals surface area contributed by atoms with Gasteiger partial charge in [0.2, 0.25) is 17.7 Å². The molecule has 3 amide bonds. The van der Waals surface area contributed by atoms with Crippen molar-refractivity contribution in [3.63, 3.8) is 0 Å². The van der Waals surface area contributed by atoms with Gasteiger partial charge in [-0.25, -0.2) is 0 Å². The molecule has 1 aliphatic heterocycles. The van der Waals surface area contributed by atoms with E-state index in [-0.39, 0.29) is 49.9 Å². The summed E-state index contributed by atoms with van der Waals surface area (Å²) >= 11 is 0. The van der Waals surface area contributed by atoms with Crippen molar-refractivity contribution in [3.05, 3.63) is 47.5 Å². The number of hydrogen-bond acceptors (Lipinski definition) is 9.